The van der Waals surface area contributed by atoms with E-state index in [0.717, 1.165) is 11.8 Å². The van der Waals surface area contributed by atoms with Gasteiger partial charge in [-0.1, -0.05) is 0 Å². The van der Waals surface area contributed by atoms with Crippen LogP contribution < -0.4 is 38.2 Å². The molecule has 0 bridgehead atoms. The first-order valence-electron chi connectivity index (χ1n) is 3.89. The Bertz CT molecular complexity index is 419. The molecule has 0 radical (unpaired) electrons. The Balaban J connectivity index is 0.00000225. The zero-order valence-electron chi connectivity index (χ0n) is 8.49. The third-order valence-electron chi connectivity index (χ3n) is 1.52. The maximum Gasteiger partial charge on any atom is 1.00 e. The van der Waals surface area contributed by atoms with Crippen molar-refractivity contribution in [3.8, 4) is 0 Å². The van der Waals surface area contributed by atoms with Gasteiger partial charge in [-0.25, -0.2) is 0 Å². The zero-order chi connectivity index (χ0) is 11.5. The number of rotatable bonds is 4. The van der Waals surface area contributed by atoms with Gasteiger partial charge in [0.2, 0.25) is 0 Å². The molecule has 5 nitrogen and oxygen atoms in total. The van der Waals surface area contributed by atoms with E-state index in [1.807, 2.05) is 0 Å². The number of thioether (sulfide) groups is 1. The molecule has 0 unspecified atom stereocenters. The van der Waals surface area contributed by atoms with Crippen LogP contribution in [0.5, 0.6) is 0 Å². The predicted octanol–water partition coefficient (Wildman–Crippen LogP) is -4.91. The molecule has 16 heavy (non-hydrogen) atoms. The summed E-state index contributed by atoms with van der Waals surface area (Å²) < 4.78 is 29.2. The van der Waals surface area contributed by atoms with Crippen molar-refractivity contribution in [2.24, 2.45) is 0 Å². The summed E-state index contributed by atoms with van der Waals surface area (Å²) in [5, 5.41) is 10.2. The molecule has 0 saturated carbocycles. The number of carboxylic acid groups (broad SMARTS) is 1. The second-order valence-corrected chi connectivity index (χ2v) is 8.17. The van der Waals surface area contributed by atoms with Gasteiger partial charge in [0.25, 0.3) is 0 Å². The van der Waals surface area contributed by atoms with E-state index in [4.69, 9.17) is 6.77 Å². The molecule has 82 valence electrons. The third-order valence-corrected chi connectivity index (χ3v) is 5.93. The molecule has 0 spiro atoms. The van der Waals surface area contributed by atoms with Crippen molar-refractivity contribution in [3.05, 3.63) is 24.3 Å². The van der Waals surface area contributed by atoms with Crippen LogP contribution in [-0.2, 0) is 7.81 Å². The van der Waals surface area contributed by atoms with Crippen LogP contribution in [0, 0.1) is 0 Å². The Morgan fingerprint density at radius 2 is 1.94 bits per heavy atom. The summed E-state index contributed by atoms with van der Waals surface area (Å²) in [7, 11) is 0. The predicted molar refractivity (Wildman–Crippen MR) is 52.7 cm³/mol. The van der Waals surface area contributed by atoms with Gasteiger partial charge < -0.3 is 0 Å². The summed E-state index contributed by atoms with van der Waals surface area (Å²) >= 11 is -4.41. The van der Waals surface area contributed by atoms with Gasteiger partial charge in [0.1, 0.15) is 0 Å². The van der Waals surface area contributed by atoms with Crippen LogP contribution >= 0.6 is 11.8 Å². The van der Waals surface area contributed by atoms with E-state index in [1.165, 1.54) is 18.2 Å². The summed E-state index contributed by atoms with van der Waals surface area (Å²) in [5.41, 5.74) is 0. The normalized spacial score (nSPS) is 10.6. The summed E-state index contributed by atoms with van der Waals surface area (Å²) in [6.45, 7) is 0. The average Bonchev–Trinajstić information content (AvgIpc) is 2.13. The van der Waals surface area contributed by atoms with E-state index in [9.17, 15) is 12.9 Å². The second-order valence-electron chi connectivity index (χ2n) is 2.67. The fraction of sp³-hybridized carbons (Fsp3) is 0.125. The fourth-order valence-electron chi connectivity index (χ4n) is 0.957. The molecule has 2 N–H and O–H groups in total. The van der Waals surface area contributed by atoms with Crippen LogP contribution in [-0.4, -0.2) is 38.1 Å². The minimum absolute atomic E-state index is 0. The SMILES string of the molecule is O=C([O-])CSc1cccc[c]1[Sb](=[O])([OH])[OH].[Na+]. The average molecular weight is 361 g/mol. The summed E-state index contributed by atoms with van der Waals surface area (Å²) in [4.78, 5) is 10.5. The van der Waals surface area contributed by atoms with E-state index >= 15 is 0 Å². The van der Waals surface area contributed by atoms with E-state index in [0.29, 0.717) is 4.90 Å². The fourth-order valence-corrected chi connectivity index (χ4v) is 4.80. The number of hydrogen-bond acceptors (Lipinski definition) is 4. The Morgan fingerprint density at radius 1 is 1.38 bits per heavy atom. The van der Waals surface area contributed by atoms with Crippen LogP contribution in [0.1, 0.15) is 0 Å². The van der Waals surface area contributed by atoms with Gasteiger partial charge >= 0.3 is 125 Å². The molecule has 8 heteroatoms. The van der Waals surface area contributed by atoms with Crippen molar-refractivity contribution in [1.29, 1.82) is 0 Å². The van der Waals surface area contributed by atoms with Crippen molar-refractivity contribution in [3.63, 3.8) is 0 Å². The standard InChI is InChI=1S/C8H7O2S.Na.2H2O.O.Sb/c9-8(10)6-11-7-4-2-1-3-5-7;;;;;/h1-4H,6H2,(H,9,10);;2*1H2;;/q;+1;;;;+2/p-3. The summed E-state index contributed by atoms with van der Waals surface area (Å²) in [5.74, 6) is -1.59. The van der Waals surface area contributed by atoms with Gasteiger partial charge in [0, 0.05) is 0 Å². The third kappa shape index (κ3) is 5.27. The van der Waals surface area contributed by atoms with Gasteiger partial charge in [0.15, 0.2) is 0 Å². The largest absolute Gasteiger partial charge is 1.00 e. The van der Waals surface area contributed by atoms with Crippen LogP contribution in [0.3, 0.4) is 0 Å². The maximum atomic E-state index is 11.1. The Morgan fingerprint density at radius 3 is 2.44 bits per heavy atom. The molecular weight excluding hydrogens is 353 g/mol. The summed E-state index contributed by atoms with van der Waals surface area (Å²) in [6, 6.07) is 5.90. The molecule has 1 aromatic rings. The van der Waals surface area contributed by atoms with Crippen molar-refractivity contribution < 1.29 is 49.2 Å². The van der Waals surface area contributed by atoms with Crippen molar-refractivity contribution in [1.82, 2.24) is 0 Å². The molecule has 0 aliphatic carbocycles. The first-order valence-corrected chi connectivity index (χ1v) is 9.48. The van der Waals surface area contributed by atoms with Crippen molar-refractivity contribution in [2.75, 3.05) is 5.75 Å². The van der Waals surface area contributed by atoms with Gasteiger partial charge in [-0.15, -0.1) is 0 Å². The topological polar surface area (TPSA) is 97.7 Å². The van der Waals surface area contributed by atoms with Crippen molar-refractivity contribution >= 4 is 40.9 Å². The second kappa shape index (κ2) is 7.11. The zero-order valence-corrected chi connectivity index (χ0v) is 13.9. The van der Waals surface area contributed by atoms with Crippen LogP contribution in [0.25, 0.3) is 0 Å². The van der Waals surface area contributed by atoms with Crippen molar-refractivity contribution in [2.45, 2.75) is 4.90 Å². The minimum Gasteiger partial charge on any atom is 1.00 e. The van der Waals surface area contributed by atoms with Gasteiger partial charge in [-0.2, -0.15) is 0 Å². The van der Waals surface area contributed by atoms with E-state index < -0.39 is 25.6 Å². The molecule has 1 aromatic carbocycles. The molecule has 1 rings (SSSR count). The molecule has 0 aliphatic heterocycles. The number of aliphatic carboxylic acids is 1. The Hall–Kier alpha value is 0.578. The molecular formula is C8H8NaO5SSb. The number of carboxylic acids is 1. The molecule has 0 heterocycles. The maximum absolute atomic E-state index is 11.1. The number of carbonyl (C=O) groups excluding carboxylic acids is 1. The number of benzene rings is 1. The smallest absolute Gasteiger partial charge is 1.00 e. The Kier molecular flexibility index (Phi) is 7.37. The van der Waals surface area contributed by atoms with Crippen LogP contribution in [0.4, 0.5) is 0 Å². The molecule has 0 saturated heterocycles. The first-order chi connectivity index (χ1) is 6.91. The van der Waals surface area contributed by atoms with E-state index in [-0.39, 0.29) is 38.8 Å². The molecule has 0 fully saturated rings. The molecule has 0 atom stereocenters. The number of carbonyl (C=O) groups is 1. The molecule has 0 aliphatic rings. The van der Waals surface area contributed by atoms with Crippen LogP contribution in [0.2, 0.25) is 0 Å². The van der Waals surface area contributed by atoms with Gasteiger partial charge in [-0.3, -0.25) is 0 Å². The van der Waals surface area contributed by atoms with E-state index in [1.54, 1.807) is 6.07 Å². The first kappa shape index (κ1) is 16.6. The van der Waals surface area contributed by atoms with Gasteiger partial charge in [-0.05, 0) is 0 Å². The van der Waals surface area contributed by atoms with E-state index in [2.05, 4.69) is 0 Å². The monoisotopic (exact) mass is 360 g/mol. The quantitative estimate of drug-likeness (QED) is 0.412. The Labute approximate surface area is 124 Å². The number of hydrogen-bond donors (Lipinski definition) is 2. The molecule has 0 amide bonds. The molecule has 0 aromatic heterocycles. The van der Waals surface area contributed by atoms with Gasteiger partial charge in [0.05, 0.1) is 0 Å². The minimum atomic E-state index is -5.26. The summed E-state index contributed by atoms with van der Waals surface area (Å²) in [6.07, 6.45) is 0. The van der Waals surface area contributed by atoms with Crippen LogP contribution in [0.15, 0.2) is 29.2 Å².